The van der Waals surface area contributed by atoms with E-state index in [1.807, 2.05) is 0 Å². The van der Waals surface area contributed by atoms with Gasteiger partial charge in [-0.05, 0) is 0 Å². The Balaban J connectivity index is 2.79. The van der Waals surface area contributed by atoms with Crippen LogP contribution in [0, 0.1) is 0 Å². The molecule has 2 atom stereocenters. The average molecular weight is 431 g/mol. The molecule has 0 spiro atoms. The van der Waals surface area contributed by atoms with Crippen LogP contribution in [0.15, 0.2) is 10.2 Å². The van der Waals surface area contributed by atoms with Crippen LogP contribution in [0.1, 0.15) is 79.6 Å². The van der Waals surface area contributed by atoms with E-state index in [0.29, 0.717) is 12.2 Å². The molecule has 0 saturated carbocycles. The molecule has 1 fully saturated rings. The van der Waals surface area contributed by atoms with Gasteiger partial charge in [0.1, 0.15) is 0 Å². The zero-order valence-electron chi connectivity index (χ0n) is 16.3. The third-order valence-corrected chi connectivity index (χ3v) is 19.2. The first-order chi connectivity index (χ1) is 11.0. The SMILES string of the molecule is CCC[CH2][Sn]([CH]=CC1O[C@H](C)C[C@@H](C)O1)([CH2]CCC)[CH2]CCC. The summed E-state index contributed by atoms with van der Waals surface area (Å²) in [6.07, 6.45) is 12.1. The minimum absolute atomic E-state index is 0.102. The fourth-order valence-electron chi connectivity index (χ4n) is 3.65. The van der Waals surface area contributed by atoms with E-state index >= 15 is 0 Å². The van der Waals surface area contributed by atoms with Crippen molar-refractivity contribution in [2.24, 2.45) is 0 Å². The molecule has 0 unspecified atom stereocenters. The van der Waals surface area contributed by atoms with Crippen molar-refractivity contribution >= 4 is 18.4 Å². The third kappa shape index (κ3) is 8.40. The molecule has 1 rings (SSSR count). The molecule has 23 heavy (non-hydrogen) atoms. The van der Waals surface area contributed by atoms with Crippen LogP contribution in [-0.2, 0) is 9.47 Å². The second kappa shape index (κ2) is 11.9. The van der Waals surface area contributed by atoms with Gasteiger partial charge in [-0.3, -0.25) is 0 Å². The summed E-state index contributed by atoms with van der Waals surface area (Å²) in [6, 6.07) is 0. The molecular formula is C20H40O2Sn. The summed E-state index contributed by atoms with van der Waals surface area (Å²) in [5, 5.41) is 0. The molecule has 0 bridgehead atoms. The van der Waals surface area contributed by atoms with Crippen LogP contribution in [0.25, 0.3) is 0 Å². The molecular weight excluding hydrogens is 391 g/mol. The van der Waals surface area contributed by atoms with Gasteiger partial charge in [-0.15, -0.1) is 0 Å². The molecule has 3 heteroatoms. The fraction of sp³-hybridized carbons (Fsp3) is 0.900. The first kappa shape index (κ1) is 21.5. The molecule has 136 valence electrons. The van der Waals surface area contributed by atoms with E-state index in [0.717, 1.165) is 6.42 Å². The Kier molecular flexibility index (Phi) is 11.1. The summed E-state index contributed by atoms with van der Waals surface area (Å²) < 4.78 is 19.2. The van der Waals surface area contributed by atoms with Gasteiger partial charge >= 0.3 is 149 Å². The Morgan fingerprint density at radius 3 is 1.65 bits per heavy atom. The van der Waals surface area contributed by atoms with Gasteiger partial charge in [-0.2, -0.15) is 0 Å². The van der Waals surface area contributed by atoms with E-state index in [4.69, 9.17) is 9.47 Å². The van der Waals surface area contributed by atoms with Crippen LogP contribution >= 0.6 is 0 Å². The average Bonchev–Trinajstić information content (AvgIpc) is 2.53. The predicted octanol–water partition coefficient (Wildman–Crippen LogP) is 6.47. The number of rotatable bonds is 11. The monoisotopic (exact) mass is 432 g/mol. The molecule has 1 aliphatic heterocycles. The van der Waals surface area contributed by atoms with E-state index in [9.17, 15) is 0 Å². The van der Waals surface area contributed by atoms with E-state index < -0.39 is 18.4 Å². The minimum atomic E-state index is -2.18. The molecule has 0 N–H and O–H groups in total. The van der Waals surface area contributed by atoms with E-state index in [1.165, 1.54) is 51.8 Å². The summed E-state index contributed by atoms with van der Waals surface area (Å²) in [5.74, 6) is 0. The summed E-state index contributed by atoms with van der Waals surface area (Å²) in [6.45, 7) is 11.3. The quantitative estimate of drug-likeness (QED) is 0.349. The topological polar surface area (TPSA) is 18.5 Å². The van der Waals surface area contributed by atoms with Crippen molar-refractivity contribution in [3.8, 4) is 0 Å². The molecule has 2 nitrogen and oxygen atoms in total. The predicted molar refractivity (Wildman–Crippen MR) is 104 cm³/mol. The van der Waals surface area contributed by atoms with Crippen molar-refractivity contribution < 1.29 is 9.47 Å². The van der Waals surface area contributed by atoms with Crippen molar-refractivity contribution in [3.63, 3.8) is 0 Å². The van der Waals surface area contributed by atoms with Crippen molar-refractivity contribution in [1.82, 2.24) is 0 Å². The summed E-state index contributed by atoms with van der Waals surface area (Å²) >= 11 is -2.18. The first-order valence-corrected chi connectivity index (χ1v) is 17.8. The van der Waals surface area contributed by atoms with Crippen molar-refractivity contribution in [1.29, 1.82) is 0 Å². The van der Waals surface area contributed by atoms with Gasteiger partial charge in [-0.25, -0.2) is 0 Å². The van der Waals surface area contributed by atoms with Crippen molar-refractivity contribution in [3.05, 3.63) is 10.2 Å². The van der Waals surface area contributed by atoms with E-state index in [1.54, 1.807) is 0 Å². The number of ether oxygens (including phenoxy) is 2. The molecule has 0 radical (unpaired) electrons. The van der Waals surface area contributed by atoms with Gasteiger partial charge in [0.2, 0.25) is 0 Å². The second-order valence-electron chi connectivity index (χ2n) is 7.53. The second-order valence-corrected chi connectivity index (χ2v) is 20.5. The number of hydrogen-bond donors (Lipinski definition) is 0. The number of hydrogen-bond acceptors (Lipinski definition) is 2. The standard InChI is InChI=1S/C8H13O2.3C4H9.Sn/c1-4-8-9-6(2)5-7(3)10-8;3*1-3-4-2;/h1,4,6-8H,5H2,2-3H3;3*1,3-4H2,2H3;/t6-,7-;;;;/m1..../s1. The molecule has 0 aromatic carbocycles. The third-order valence-electron chi connectivity index (χ3n) is 5.09. The van der Waals surface area contributed by atoms with E-state index in [-0.39, 0.29) is 6.29 Å². The van der Waals surface area contributed by atoms with Crippen LogP contribution < -0.4 is 0 Å². The van der Waals surface area contributed by atoms with Crippen molar-refractivity contribution in [2.45, 2.75) is 111 Å². The van der Waals surface area contributed by atoms with E-state index in [2.05, 4.69) is 44.8 Å². The number of unbranched alkanes of at least 4 members (excludes halogenated alkanes) is 3. The maximum atomic E-state index is 5.99. The first-order valence-electron chi connectivity index (χ1n) is 10.1. The van der Waals surface area contributed by atoms with Crippen LogP contribution in [-0.4, -0.2) is 36.9 Å². The summed E-state index contributed by atoms with van der Waals surface area (Å²) in [7, 11) is 0. The summed E-state index contributed by atoms with van der Waals surface area (Å²) in [4.78, 5) is 0. The van der Waals surface area contributed by atoms with Gasteiger partial charge in [0.15, 0.2) is 0 Å². The zero-order valence-corrected chi connectivity index (χ0v) is 19.1. The molecule has 1 saturated heterocycles. The molecule has 0 amide bonds. The Labute approximate surface area is 149 Å². The molecule has 0 aromatic rings. The molecule has 1 aliphatic rings. The van der Waals surface area contributed by atoms with Gasteiger partial charge < -0.3 is 0 Å². The Morgan fingerprint density at radius 2 is 1.26 bits per heavy atom. The normalized spacial score (nSPS) is 26.0. The van der Waals surface area contributed by atoms with Gasteiger partial charge in [-0.1, -0.05) is 0 Å². The van der Waals surface area contributed by atoms with Crippen LogP contribution in [0.3, 0.4) is 0 Å². The fourth-order valence-corrected chi connectivity index (χ4v) is 17.9. The van der Waals surface area contributed by atoms with Crippen LogP contribution in [0.4, 0.5) is 0 Å². The van der Waals surface area contributed by atoms with Crippen molar-refractivity contribution in [2.75, 3.05) is 0 Å². The van der Waals surface area contributed by atoms with Gasteiger partial charge in [0, 0.05) is 0 Å². The van der Waals surface area contributed by atoms with Gasteiger partial charge in [0.05, 0.1) is 0 Å². The molecule has 1 heterocycles. The maximum absolute atomic E-state index is 5.99. The van der Waals surface area contributed by atoms with Crippen LogP contribution in [0.2, 0.25) is 13.3 Å². The van der Waals surface area contributed by atoms with Gasteiger partial charge in [0.25, 0.3) is 0 Å². The molecule has 0 aliphatic carbocycles. The molecule has 0 aromatic heterocycles. The zero-order chi connectivity index (χ0) is 17.1. The Morgan fingerprint density at radius 1 is 0.826 bits per heavy atom. The Bertz CT molecular complexity index is 298. The Hall–Kier alpha value is 0.459. The van der Waals surface area contributed by atoms with Crippen LogP contribution in [0.5, 0.6) is 0 Å². The summed E-state index contributed by atoms with van der Waals surface area (Å²) in [5.41, 5.74) is 0.